The minimum atomic E-state index is 0.201. The Balaban J connectivity index is 2.41. The number of allylic oxidation sites excluding steroid dienone is 4. The fourth-order valence-electron chi connectivity index (χ4n) is 2.50. The molecule has 0 radical (unpaired) electrons. The van der Waals surface area contributed by atoms with Crippen molar-refractivity contribution in [2.24, 2.45) is 5.92 Å². The lowest BCUT2D eigenvalue weighted by molar-refractivity contribution is 0.519. The molecule has 0 fully saturated rings. The average Bonchev–Trinajstić information content (AvgIpc) is 2.43. The highest BCUT2D eigenvalue weighted by atomic mass is 14.3. The number of benzene rings is 1. The first kappa shape index (κ1) is 12.1. The molecule has 2 rings (SSSR count). The van der Waals surface area contributed by atoms with Gasteiger partial charge < -0.3 is 0 Å². The minimum Gasteiger partial charge on any atom is -0.192 e. The van der Waals surface area contributed by atoms with E-state index in [0.717, 1.165) is 12.0 Å². The summed E-state index contributed by atoms with van der Waals surface area (Å²) < 4.78 is 0. The number of nitrogens with zero attached hydrogens (tertiary/aromatic N) is 2. The molecule has 0 aromatic heterocycles. The summed E-state index contributed by atoms with van der Waals surface area (Å²) in [5.74, 6) is 0.551. The van der Waals surface area contributed by atoms with Gasteiger partial charge in [0.2, 0.25) is 0 Å². The molecular weight excluding hydrogens is 220 g/mol. The van der Waals surface area contributed by atoms with Crippen LogP contribution in [0.1, 0.15) is 24.8 Å². The second kappa shape index (κ2) is 5.34. The van der Waals surface area contributed by atoms with Crippen molar-refractivity contribution in [3.63, 3.8) is 0 Å². The van der Waals surface area contributed by atoms with E-state index in [-0.39, 0.29) is 11.5 Å². The smallest absolute Gasteiger partial charge is 0.133 e. The van der Waals surface area contributed by atoms with Gasteiger partial charge in [0, 0.05) is 0 Å². The number of hydrogen-bond donors (Lipinski definition) is 0. The Labute approximate surface area is 107 Å². The molecule has 2 heteroatoms. The molecule has 0 spiro atoms. The summed E-state index contributed by atoms with van der Waals surface area (Å²) in [5.41, 5.74) is 2.36. The fourth-order valence-corrected chi connectivity index (χ4v) is 2.50. The van der Waals surface area contributed by atoms with Crippen molar-refractivity contribution in [3.8, 4) is 12.1 Å². The van der Waals surface area contributed by atoms with E-state index in [2.05, 4.69) is 25.1 Å². The molecular formula is C16H14N2. The van der Waals surface area contributed by atoms with Gasteiger partial charge in [-0.05, 0) is 29.4 Å². The van der Waals surface area contributed by atoms with Crippen molar-refractivity contribution in [2.45, 2.75) is 19.3 Å². The van der Waals surface area contributed by atoms with Crippen LogP contribution in [0, 0.1) is 28.6 Å². The lowest BCUT2D eigenvalue weighted by Crippen LogP contribution is -2.15. The van der Waals surface area contributed by atoms with Gasteiger partial charge >= 0.3 is 0 Å². The van der Waals surface area contributed by atoms with Crippen LogP contribution in [0.15, 0.2) is 53.6 Å². The second-order valence-corrected chi connectivity index (χ2v) is 4.50. The van der Waals surface area contributed by atoms with Gasteiger partial charge in [-0.15, -0.1) is 0 Å². The first-order chi connectivity index (χ1) is 8.77. The number of hydrogen-bond acceptors (Lipinski definition) is 2. The lowest BCUT2D eigenvalue weighted by atomic mass is 9.75. The molecule has 0 bridgehead atoms. The van der Waals surface area contributed by atoms with Crippen molar-refractivity contribution >= 4 is 0 Å². The third kappa shape index (κ3) is 2.19. The third-order valence-corrected chi connectivity index (χ3v) is 3.52. The Morgan fingerprint density at radius 3 is 2.44 bits per heavy atom. The molecule has 1 aliphatic rings. The van der Waals surface area contributed by atoms with E-state index in [4.69, 9.17) is 10.5 Å². The van der Waals surface area contributed by atoms with Gasteiger partial charge in [0.05, 0.1) is 0 Å². The maximum absolute atomic E-state index is 8.99. The van der Waals surface area contributed by atoms with Crippen molar-refractivity contribution in [3.05, 3.63) is 59.2 Å². The number of rotatable bonds is 1. The SMILES string of the molecule is CC1C(=C(C#N)C#N)C=CC[C@H]1c1ccccc1. The summed E-state index contributed by atoms with van der Waals surface area (Å²) in [6.45, 7) is 2.09. The van der Waals surface area contributed by atoms with Crippen LogP contribution in [0.4, 0.5) is 0 Å². The van der Waals surface area contributed by atoms with Gasteiger partial charge in [-0.25, -0.2) is 0 Å². The quantitative estimate of drug-likeness (QED) is 0.695. The maximum atomic E-state index is 8.99. The Hall–Kier alpha value is -2.32. The summed E-state index contributed by atoms with van der Waals surface area (Å²) in [5, 5.41) is 18.0. The van der Waals surface area contributed by atoms with E-state index in [9.17, 15) is 0 Å². The highest BCUT2D eigenvalue weighted by Crippen LogP contribution is 2.38. The molecule has 0 saturated carbocycles. The van der Waals surface area contributed by atoms with Gasteiger partial charge in [0.25, 0.3) is 0 Å². The highest BCUT2D eigenvalue weighted by molar-refractivity contribution is 5.48. The van der Waals surface area contributed by atoms with Gasteiger partial charge in [-0.3, -0.25) is 0 Å². The van der Waals surface area contributed by atoms with Crippen LogP contribution in [-0.4, -0.2) is 0 Å². The molecule has 1 unspecified atom stereocenters. The van der Waals surface area contributed by atoms with E-state index in [1.54, 1.807) is 0 Å². The standard InChI is InChI=1S/C16H14N2/c1-12-15(13-6-3-2-4-7-13)8-5-9-16(12)14(10-17)11-18/h2-7,9,12,15H,8H2,1H3/t12?,15-/m1/s1. The largest absolute Gasteiger partial charge is 0.192 e. The van der Waals surface area contributed by atoms with Crippen LogP contribution < -0.4 is 0 Å². The predicted octanol–water partition coefficient (Wildman–Crippen LogP) is 3.71. The van der Waals surface area contributed by atoms with Crippen molar-refractivity contribution in [2.75, 3.05) is 0 Å². The van der Waals surface area contributed by atoms with Gasteiger partial charge in [0.15, 0.2) is 0 Å². The summed E-state index contributed by atoms with van der Waals surface area (Å²) >= 11 is 0. The molecule has 0 saturated heterocycles. The number of nitriles is 2. The normalized spacial score (nSPS) is 22.1. The first-order valence-electron chi connectivity index (χ1n) is 6.03. The van der Waals surface area contributed by atoms with Crippen LogP contribution in [0.3, 0.4) is 0 Å². The molecule has 0 aliphatic heterocycles. The van der Waals surface area contributed by atoms with Gasteiger partial charge in [-0.2, -0.15) is 10.5 Å². The zero-order valence-electron chi connectivity index (χ0n) is 10.3. The minimum absolute atomic E-state index is 0.201. The zero-order chi connectivity index (χ0) is 13.0. The zero-order valence-corrected chi connectivity index (χ0v) is 10.3. The van der Waals surface area contributed by atoms with Crippen LogP contribution in [0.5, 0.6) is 0 Å². The topological polar surface area (TPSA) is 47.6 Å². The molecule has 88 valence electrons. The summed E-state index contributed by atoms with van der Waals surface area (Å²) in [7, 11) is 0. The maximum Gasteiger partial charge on any atom is 0.133 e. The van der Waals surface area contributed by atoms with E-state index in [0.29, 0.717) is 5.92 Å². The highest BCUT2D eigenvalue weighted by Gasteiger charge is 2.25. The summed E-state index contributed by atoms with van der Waals surface area (Å²) in [4.78, 5) is 0. The Bertz CT molecular complexity index is 551. The molecule has 0 amide bonds. The Morgan fingerprint density at radius 2 is 1.83 bits per heavy atom. The average molecular weight is 234 g/mol. The molecule has 2 nitrogen and oxygen atoms in total. The Morgan fingerprint density at radius 1 is 1.17 bits per heavy atom. The molecule has 1 aromatic rings. The molecule has 18 heavy (non-hydrogen) atoms. The summed E-state index contributed by atoms with van der Waals surface area (Å²) in [6.07, 6.45) is 4.94. The van der Waals surface area contributed by atoms with E-state index in [1.807, 2.05) is 36.4 Å². The first-order valence-corrected chi connectivity index (χ1v) is 6.03. The van der Waals surface area contributed by atoms with Gasteiger partial charge in [-0.1, -0.05) is 49.4 Å². The third-order valence-electron chi connectivity index (χ3n) is 3.52. The molecule has 0 N–H and O–H groups in total. The summed E-state index contributed by atoms with van der Waals surface area (Å²) in [6, 6.07) is 14.3. The fraction of sp³-hybridized carbons (Fsp3) is 0.250. The van der Waals surface area contributed by atoms with E-state index < -0.39 is 0 Å². The van der Waals surface area contributed by atoms with Crippen LogP contribution >= 0.6 is 0 Å². The monoisotopic (exact) mass is 234 g/mol. The van der Waals surface area contributed by atoms with E-state index in [1.165, 1.54) is 5.56 Å². The van der Waals surface area contributed by atoms with Crippen molar-refractivity contribution < 1.29 is 0 Å². The van der Waals surface area contributed by atoms with Crippen LogP contribution in [-0.2, 0) is 0 Å². The Kier molecular flexibility index (Phi) is 3.60. The second-order valence-electron chi connectivity index (χ2n) is 4.50. The predicted molar refractivity (Wildman–Crippen MR) is 70.4 cm³/mol. The molecule has 2 atom stereocenters. The molecule has 0 heterocycles. The lowest BCUT2D eigenvalue weighted by Gasteiger charge is -2.28. The van der Waals surface area contributed by atoms with Crippen LogP contribution in [0.25, 0.3) is 0 Å². The van der Waals surface area contributed by atoms with Crippen molar-refractivity contribution in [1.29, 1.82) is 10.5 Å². The van der Waals surface area contributed by atoms with Gasteiger partial charge in [0.1, 0.15) is 17.7 Å². The molecule has 1 aliphatic carbocycles. The molecule has 1 aromatic carbocycles. The van der Waals surface area contributed by atoms with Crippen LogP contribution in [0.2, 0.25) is 0 Å². The van der Waals surface area contributed by atoms with Crippen molar-refractivity contribution in [1.82, 2.24) is 0 Å². The van der Waals surface area contributed by atoms with E-state index >= 15 is 0 Å².